The van der Waals surface area contributed by atoms with Gasteiger partial charge in [-0.1, -0.05) is 12.1 Å². The Labute approximate surface area is 159 Å². The molecule has 5 rings (SSSR count). The molecule has 2 fully saturated rings. The Balaban J connectivity index is 1.24. The zero-order chi connectivity index (χ0) is 18.6. The number of benzene rings is 1. The highest BCUT2D eigenvalue weighted by molar-refractivity contribution is 5.95. The summed E-state index contributed by atoms with van der Waals surface area (Å²) < 4.78 is 5.30. The highest BCUT2D eigenvalue weighted by Gasteiger charge is 2.53. The quantitative estimate of drug-likeness (QED) is 0.905. The molecule has 6 nitrogen and oxygen atoms in total. The number of likely N-dealkylation sites (tertiary alicyclic amines) is 1. The second-order valence-corrected chi connectivity index (χ2v) is 8.17. The van der Waals surface area contributed by atoms with Crippen molar-refractivity contribution < 1.29 is 9.53 Å². The van der Waals surface area contributed by atoms with Crippen molar-refractivity contribution in [3.05, 3.63) is 52.3 Å². The van der Waals surface area contributed by atoms with Crippen LogP contribution in [0.5, 0.6) is 0 Å². The summed E-state index contributed by atoms with van der Waals surface area (Å²) in [6.45, 7) is 6.42. The Morgan fingerprint density at radius 3 is 2.26 bits per heavy atom. The maximum atomic E-state index is 12.7. The number of aryl methyl sites for hydroxylation is 2. The van der Waals surface area contributed by atoms with Gasteiger partial charge in [0.15, 0.2) is 0 Å². The van der Waals surface area contributed by atoms with E-state index in [9.17, 15) is 4.79 Å². The first-order valence-electron chi connectivity index (χ1n) is 9.61. The fourth-order valence-electron chi connectivity index (χ4n) is 4.37. The lowest BCUT2D eigenvalue weighted by molar-refractivity contribution is -0.172. The van der Waals surface area contributed by atoms with E-state index in [-0.39, 0.29) is 11.4 Å². The van der Waals surface area contributed by atoms with E-state index in [1.54, 1.807) is 12.4 Å². The number of fused-ring (bicyclic) bond motifs is 1. The number of hydrogen-bond donors (Lipinski definition) is 1. The lowest BCUT2D eigenvalue weighted by Crippen LogP contribution is -2.72. The van der Waals surface area contributed by atoms with Gasteiger partial charge in [-0.2, -0.15) is 0 Å². The summed E-state index contributed by atoms with van der Waals surface area (Å²) >= 11 is 0. The van der Waals surface area contributed by atoms with Crippen molar-refractivity contribution in [2.75, 3.05) is 25.1 Å². The molecule has 1 aliphatic carbocycles. The normalized spacial score (nSPS) is 20.1. The minimum absolute atomic E-state index is 0.00956. The first kappa shape index (κ1) is 16.7. The number of amides is 1. The van der Waals surface area contributed by atoms with Gasteiger partial charge in [-0.05, 0) is 55.4 Å². The van der Waals surface area contributed by atoms with E-state index in [1.807, 2.05) is 4.90 Å². The van der Waals surface area contributed by atoms with Crippen LogP contribution in [-0.4, -0.2) is 52.1 Å². The molecule has 1 aromatic carbocycles. The van der Waals surface area contributed by atoms with Crippen molar-refractivity contribution in [1.82, 2.24) is 14.9 Å². The molecule has 3 aliphatic rings. The number of nitrogens with one attached hydrogen (secondary N) is 1. The number of nitrogens with zero attached hydrogens (tertiary/aromatic N) is 3. The molecule has 6 heteroatoms. The number of ether oxygens (including phenoxy) is 1. The van der Waals surface area contributed by atoms with Gasteiger partial charge in [-0.15, -0.1) is 0 Å². The topological polar surface area (TPSA) is 67.4 Å². The number of rotatable bonds is 3. The number of hydrogen-bond acceptors (Lipinski definition) is 5. The largest absolute Gasteiger partial charge is 0.376 e. The number of anilines is 1. The van der Waals surface area contributed by atoms with Crippen LogP contribution in [0.15, 0.2) is 24.5 Å². The fraction of sp³-hybridized carbons (Fsp3) is 0.476. The maximum Gasteiger partial charge on any atom is 0.257 e. The van der Waals surface area contributed by atoms with Crippen molar-refractivity contribution in [3.63, 3.8) is 0 Å². The standard InChI is InChI=1S/C21H24N4O2/c1-13-5-15-7-18(8-16(15)6-14(13)2)24-20-22-9-17(10-23-20)19(26)25-4-3-21(25)11-27-12-21/h5-6,9-10,18H,3-4,7-8,11-12H2,1-2H3,(H,22,23,24). The van der Waals surface area contributed by atoms with Gasteiger partial charge in [-0.25, -0.2) is 9.97 Å². The molecule has 0 unspecified atom stereocenters. The summed E-state index contributed by atoms with van der Waals surface area (Å²) in [7, 11) is 0. The Hall–Kier alpha value is -2.47. The van der Waals surface area contributed by atoms with Crippen LogP contribution in [0.25, 0.3) is 0 Å². The predicted molar refractivity (Wildman–Crippen MR) is 102 cm³/mol. The number of carbonyl (C=O) groups excluding carboxylic acids is 1. The molecule has 0 radical (unpaired) electrons. The van der Waals surface area contributed by atoms with Crippen molar-refractivity contribution in [3.8, 4) is 0 Å². The average Bonchev–Trinajstić information content (AvgIpc) is 2.94. The summed E-state index contributed by atoms with van der Waals surface area (Å²) in [5.41, 5.74) is 6.00. The van der Waals surface area contributed by atoms with E-state index in [0.717, 1.165) is 25.8 Å². The van der Waals surface area contributed by atoms with E-state index in [4.69, 9.17) is 4.74 Å². The minimum atomic E-state index is -0.0557. The summed E-state index contributed by atoms with van der Waals surface area (Å²) in [6, 6.07) is 4.89. The second-order valence-electron chi connectivity index (χ2n) is 8.17. The van der Waals surface area contributed by atoms with Crippen LogP contribution in [0.2, 0.25) is 0 Å². The smallest absolute Gasteiger partial charge is 0.257 e. The molecule has 2 aliphatic heterocycles. The predicted octanol–water partition coefficient (Wildman–Crippen LogP) is 2.29. The van der Waals surface area contributed by atoms with Gasteiger partial charge < -0.3 is 15.0 Å². The highest BCUT2D eigenvalue weighted by Crippen LogP contribution is 2.38. The van der Waals surface area contributed by atoms with Crippen LogP contribution in [0.4, 0.5) is 5.95 Å². The number of aromatic nitrogens is 2. The molecule has 1 amide bonds. The van der Waals surface area contributed by atoms with Crippen molar-refractivity contribution in [2.45, 2.75) is 44.7 Å². The zero-order valence-electron chi connectivity index (χ0n) is 15.8. The summed E-state index contributed by atoms with van der Waals surface area (Å²) in [5.74, 6) is 0.596. The minimum Gasteiger partial charge on any atom is -0.376 e. The molecule has 1 aromatic heterocycles. The highest BCUT2D eigenvalue weighted by atomic mass is 16.5. The lowest BCUT2D eigenvalue weighted by Gasteiger charge is -2.57. The van der Waals surface area contributed by atoms with Gasteiger partial charge >= 0.3 is 0 Å². The van der Waals surface area contributed by atoms with Crippen LogP contribution < -0.4 is 5.32 Å². The second kappa shape index (κ2) is 6.02. The van der Waals surface area contributed by atoms with E-state index >= 15 is 0 Å². The van der Waals surface area contributed by atoms with Gasteiger partial charge in [0, 0.05) is 25.0 Å². The molecule has 2 aromatic rings. The molecule has 2 saturated heterocycles. The molecular weight excluding hydrogens is 340 g/mol. The molecule has 1 spiro atoms. The van der Waals surface area contributed by atoms with E-state index in [1.165, 1.54) is 22.3 Å². The Morgan fingerprint density at radius 1 is 1.15 bits per heavy atom. The molecule has 1 N–H and O–H groups in total. The van der Waals surface area contributed by atoms with Crippen LogP contribution in [0, 0.1) is 13.8 Å². The summed E-state index contributed by atoms with van der Waals surface area (Å²) in [4.78, 5) is 23.4. The van der Waals surface area contributed by atoms with Crippen LogP contribution in [-0.2, 0) is 17.6 Å². The zero-order valence-corrected chi connectivity index (χ0v) is 15.8. The molecule has 27 heavy (non-hydrogen) atoms. The summed E-state index contributed by atoms with van der Waals surface area (Å²) in [6.07, 6.45) is 6.27. The van der Waals surface area contributed by atoms with Gasteiger partial charge in [0.2, 0.25) is 5.95 Å². The Bertz CT molecular complexity index is 869. The third kappa shape index (κ3) is 2.70. The monoisotopic (exact) mass is 364 g/mol. The molecular formula is C21H24N4O2. The summed E-state index contributed by atoms with van der Waals surface area (Å²) in [5, 5.41) is 3.42. The number of carbonyl (C=O) groups is 1. The van der Waals surface area contributed by atoms with Crippen molar-refractivity contribution in [1.29, 1.82) is 0 Å². The van der Waals surface area contributed by atoms with Crippen LogP contribution in [0.3, 0.4) is 0 Å². The Kier molecular flexibility index (Phi) is 3.72. The first-order chi connectivity index (χ1) is 13.0. The van der Waals surface area contributed by atoms with Gasteiger partial charge in [0.25, 0.3) is 5.91 Å². The third-order valence-electron chi connectivity index (χ3n) is 6.34. The van der Waals surface area contributed by atoms with Crippen LogP contribution >= 0.6 is 0 Å². The van der Waals surface area contributed by atoms with Gasteiger partial charge in [0.05, 0.1) is 24.3 Å². The molecule has 0 bridgehead atoms. The maximum absolute atomic E-state index is 12.7. The van der Waals surface area contributed by atoms with Crippen molar-refractivity contribution in [2.24, 2.45) is 0 Å². The SMILES string of the molecule is Cc1cc2c(cc1C)CC(Nc1ncc(C(=O)N3CCC34COC4)cn1)C2. The van der Waals surface area contributed by atoms with Crippen LogP contribution in [0.1, 0.15) is 39.0 Å². The molecule has 140 valence electrons. The lowest BCUT2D eigenvalue weighted by atomic mass is 9.82. The van der Waals surface area contributed by atoms with Gasteiger partial charge in [-0.3, -0.25) is 4.79 Å². The Morgan fingerprint density at radius 2 is 1.78 bits per heavy atom. The molecule has 0 saturated carbocycles. The fourth-order valence-corrected chi connectivity index (χ4v) is 4.37. The van der Waals surface area contributed by atoms with Gasteiger partial charge in [0.1, 0.15) is 0 Å². The van der Waals surface area contributed by atoms with Crippen molar-refractivity contribution >= 4 is 11.9 Å². The van der Waals surface area contributed by atoms with E-state index < -0.39 is 0 Å². The first-order valence-corrected chi connectivity index (χ1v) is 9.61. The molecule has 0 atom stereocenters. The van der Waals surface area contributed by atoms with E-state index in [2.05, 4.69) is 41.3 Å². The molecule has 3 heterocycles. The average molecular weight is 364 g/mol. The third-order valence-corrected chi connectivity index (χ3v) is 6.34. The van der Waals surface area contributed by atoms with E-state index in [0.29, 0.717) is 30.8 Å².